The number of hydrogen-bond acceptors (Lipinski definition) is 3. The molecule has 88 valence electrons. The number of Topliss-reactive ketones (excluding diaryl/α,β-unsaturated/α-hetero) is 1. The molecule has 2 nitrogen and oxygen atoms in total. The molecule has 1 aromatic rings. The van der Waals surface area contributed by atoms with E-state index in [1.807, 2.05) is 31.4 Å². The van der Waals surface area contributed by atoms with Gasteiger partial charge < -0.3 is 4.74 Å². The van der Waals surface area contributed by atoms with Gasteiger partial charge >= 0.3 is 0 Å². The summed E-state index contributed by atoms with van der Waals surface area (Å²) < 4.78 is 5.48. The molecule has 0 aromatic heterocycles. The number of ketones is 1. The molecule has 4 heteroatoms. The Hall–Kier alpha value is -0.670. The molecule has 0 N–H and O–H groups in total. The van der Waals surface area contributed by atoms with E-state index in [0.717, 1.165) is 16.2 Å². The van der Waals surface area contributed by atoms with E-state index in [9.17, 15) is 4.79 Å². The Balaban J connectivity index is 2.86. The van der Waals surface area contributed by atoms with Gasteiger partial charge in [-0.2, -0.15) is 0 Å². The van der Waals surface area contributed by atoms with Gasteiger partial charge in [-0.05, 0) is 30.9 Å². The number of thioether (sulfide) groups is 1. The zero-order chi connectivity index (χ0) is 12.0. The molecule has 0 amide bonds. The highest BCUT2D eigenvalue weighted by Gasteiger charge is 2.07. The summed E-state index contributed by atoms with van der Waals surface area (Å²) >= 11 is 7.09. The van der Waals surface area contributed by atoms with Gasteiger partial charge in [0.15, 0.2) is 5.78 Å². The number of rotatable bonds is 6. The molecule has 0 atom stereocenters. The van der Waals surface area contributed by atoms with Crippen molar-refractivity contribution in [1.29, 1.82) is 0 Å². The van der Waals surface area contributed by atoms with Crippen LogP contribution >= 0.6 is 23.4 Å². The lowest BCUT2D eigenvalue weighted by atomic mass is 10.1. The number of halogens is 1. The maximum Gasteiger partial charge on any atom is 0.151 e. The summed E-state index contributed by atoms with van der Waals surface area (Å²) in [5.41, 5.74) is 0.985. The lowest BCUT2D eigenvalue weighted by Crippen LogP contribution is -2.04. The van der Waals surface area contributed by atoms with Crippen molar-refractivity contribution < 1.29 is 9.53 Å². The molecular formula is C12H15ClO2S. The molecule has 0 aliphatic heterocycles. The average molecular weight is 259 g/mol. The van der Waals surface area contributed by atoms with Crippen LogP contribution in [0.4, 0.5) is 0 Å². The standard InChI is InChI=1S/C12H15ClO2S/c1-3-15-11-5-4-9(6-10(14)8-13)7-12(11)16-2/h4-5,7H,3,6,8H2,1-2H3. The Kier molecular flexibility index (Phi) is 5.71. The van der Waals surface area contributed by atoms with Crippen molar-refractivity contribution in [3.63, 3.8) is 0 Å². The van der Waals surface area contributed by atoms with Gasteiger partial charge in [-0.15, -0.1) is 23.4 Å². The fourth-order valence-corrected chi connectivity index (χ4v) is 2.06. The van der Waals surface area contributed by atoms with Crippen molar-refractivity contribution in [2.24, 2.45) is 0 Å². The Labute approximate surface area is 105 Å². The Morgan fingerprint density at radius 1 is 1.50 bits per heavy atom. The fraction of sp³-hybridized carbons (Fsp3) is 0.417. The Morgan fingerprint density at radius 3 is 2.81 bits per heavy atom. The van der Waals surface area contributed by atoms with Crippen LogP contribution in [0.5, 0.6) is 5.75 Å². The second-order valence-electron chi connectivity index (χ2n) is 3.27. The zero-order valence-corrected chi connectivity index (χ0v) is 11.0. The van der Waals surface area contributed by atoms with Crippen molar-refractivity contribution in [1.82, 2.24) is 0 Å². The number of ether oxygens (including phenoxy) is 1. The highest BCUT2D eigenvalue weighted by atomic mass is 35.5. The summed E-state index contributed by atoms with van der Waals surface area (Å²) in [4.78, 5) is 12.3. The summed E-state index contributed by atoms with van der Waals surface area (Å²) in [6.07, 6.45) is 2.38. The minimum absolute atomic E-state index is 0.0397. The molecule has 0 aliphatic carbocycles. The maximum atomic E-state index is 11.2. The maximum absolute atomic E-state index is 11.2. The lowest BCUT2D eigenvalue weighted by Gasteiger charge is -2.09. The van der Waals surface area contributed by atoms with E-state index in [4.69, 9.17) is 16.3 Å². The first-order chi connectivity index (χ1) is 7.71. The predicted octanol–water partition coefficient (Wildman–Crippen LogP) is 3.16. The first-order valence-corrected chi connectivity index (χ1v) is 6.84. The van der Waals surface area contributed by atoms with Crippen LogP contribution in [0.25, 0.3) is 0 Å². The van der Waals surface area contributed by atoms with Gasteiger partial charge in [0, 0.05) is 11.3 Å². The molecular weight excluding hydrogens is 244 g/mol. The molecule has 0 fully saturated rings. The van der Waals surface area contributed by atoms with Crippen molar-refractivity contribution in [2.45, 2.75) is 18.2 Å². The first-order valence-electron chi connectivity index (χ1n) is 5.08. The summed E-state index contributed by atoms with van der Waals surface area (Å²) in [5.74, 6) is 0.983. The SMILES string of the molecule is CCOc1ccc(CC(=O)CCl)cc1SC. The molecule has 0 aliphatic rings. The van der Waals surface area contributed by atoms with E-state index in [-0.39, 0.29) is 11.7 Å². The van der Waals surface area contributed by atoms with Gasteiger partial charge in [-0.25, -0.2) is 0 Å². The van der Waals surface area contributed by atoms with E-state index in [2.05, 4.69) is 0 Å². The van der Waals surface area contributed by atoms with Crippen LogP contribution < -0.4 is 4.74 Å². The summed E-state index contributed by atoms with van der Waals surface area (Å²) in [6.45, 7) is 2.60. The molecule has 1 aromatic carbocycles. The second-order valence-corrected chi connectivity index (χ2v) is 4.38. The number of benzene rings is 1. The van der Waals surface area contributed by atoms with Crippen LogP contribution in [0.3, 0.4) is 0 Å². The van der Waals surface area contributed by atoms with E-state index in [1.54, 1.807) is 11.8 Å². The first kappa shape index (κ1) is 13.4. The minimum atomic E-state index is 0.0397. The van der Waals surface area contributed by atoms with Gasteiger partial charge in [-0.1, -0.05) is 6.07 Å². The van der Waals surface area contributed by atoms with Crippen molar-refractivity contribution in [3.8, 4) is 5.75 Å². The van der Waals surface area contributed by atoms with E-state index < -0.39 is 0 Å². The Morgan fingerprint density at radius 2 is 2.25 bits per heavy atom. The molecule has 0 radical (unpaired) electrons. The largest absolute Gasteiger partial charge is 0.493 e. The minimum Gasteiger partial charge on any atom is -0.493 e. The fourth-order valence-electron chi connectivity index (χ4n) is 1.37. The molecule has 0 saturated carbocycles. The smallest absolute Gasteiger partial charge is 0.151 e. The van der Waals surface area contributed by atoms with Gasteiger partial charge in [0.1, 0.15) is 5.75 Å². The van der Waals surface area contributed by atoms with Crippen LogP contribution in [0.2, 0.25) is 0 Å². The summed E-state index contributed by atoms with van der Waals surface area (Å²) in [7, 11) is 0. The molecule has 0 spiro atoms. The average Bonchev–Trinajstić information content (AvgIpc) is 2.31. The third kappa shape index (κ3) is 3.72. The van der Waals surface area contributed by atoms with Gasteiger partial charge in [0.05, 0.1) is 12.5 Å². The molecule has 1 rings (SSSR count). The van der Waals surface area contributed by atoms with E-state index in [0.29, 0.717) is 13.0 Å². The second kappa shape index (κ2) is 6.81. The van der Waals surface area contributed by atoms with Gasteiger partial charge in [-0.3, -0.25) is 4.79 Å². The predicted molar refractivity (Wildman–Crippen MR) is 68.8 cm³/mol. The van der Waals surface area contributed by atoms with Gasteiger partial charge in [0.25, 0.3) is 0 Å². The number of carbonyl (C=O) groups excluding carboxylic acids is 1. The van der Waals surface area contributed by atoms with Crippen LogP contribution in [0.15, 0.2) is 23.1 Å². The molecule has 0 heterocycles. The molecule has 0 saturated heterocycles. The third-order valence-electron chi connectivity index (χ3n) is 2.08. The van der Waals surface area contributed by atoms with E-state index >= 15 is 0 Å². The molecule has 16 heavy (non-hydrogen) atoms. The topological polar surface area (TPSA) is 26.3 Å². The van der Waals surface area contributed by atoms with E-state index in [1.165, 1.54) is 0 Å². The lowest BCUT2D eigenvalue weighted by molar-refractivity contribution is -0.116. The summed E-state index contributed by atoms with van der Waals surface area (Å²) in [5, 5.41) is 0. The highest BCUT2D eigenvalue weighted by molar-refractivity contribution is 7.98. The van der Waals surface area contributed by atoms with Gasteiger partial charge in [0.2, 0.25) is 0 Å². The molecule has 0 bridgehead atoms. The van der Waals surface area contributed by atoms with Crippen LogP contribution in [0.1, 0.15) is 12.5 Å². The third-order valence-corrected chi connectivity index (χ3v) is 3.14. The quantitative estimate of drug-likeness (QED) is 0.579. The number of carbonyl (C=O) groups is 1. The number of alkyl halides is 1. The highest BCUT2D eigenvalue weighted by Crippen LogP contribution is 2.28. The van der Waals surface area contributed by atoms with Crippen LogP contribution in [-0.2, 0) is 11.2 Å². The normalized spacial score (nSPS) is 10.2. The van der Waals surface area contributed by atoms with Crippen molar-refractivity contribution in [2.75, 3.05) is 18.7 Å². The summed E-state index contributed by atoms with van der Waals surface area (Å²) in [6, 6.07) is 5.81. The van der Waals surface area contributed by atoms with Crippen LogP contribution in [-0.4, -0.2) is 24.5 Å². The van der Waals surface area contributed by atoms with Crippen LogP contribution in [0, 0.1) is 0 Å². The van der Waals surface area contributed by atoms with Crippen molar-refractivity contribution >= 4 is 29.1 Å². The van der Waals surface area contributed by atoms with Crippen molar-refractivity contribution in [3.05, 3.63) is 23.8 Å². The monoisotopic (exact) mass is 258 g/mol. The number of hydrogen-bond donors (Lipinski definition) is 0. The molecule has 0 unspecified atom stereocenters. The zero-order valence-electron chi connectivity index (χ0n) is 9.46. The Bertz CT molecular complexity index is 366.